The first-order chi connectivity index (χ1) is 13.0. The van der Waals surface area contributed by atoms with Crippen molar-refractivity contribution in [3.8, 4) is 11.3 Å². The van der Waals surface area contributed by atoms with E-state index in [2.05, 4.69) is 15.9 Å². The number of halogens is 1. The molecule has 0 atom stereocenters. The molecule has 1 aliphatic heterocycles. The Balaban J connectivity index is 1.59. The summed E-state index contributed by atoms with van der Waals surface area (Å²) in [5, 5.41) is 0.595. The summed E-state index contributed by atoms with van der Waals surface area (Å²) in [6, 6.07) is 12.0. The fourth-order valence-corrected chi connectivity index (χ4v) is 4.37. The summed E-state index contributed by atoms with van der Waals surface area (Å²) < 4.78 is 6.97. The van der Waals surface area contributed by atoms with Crippen LogP contribution in [0.15, 0.2) is 51.0 Å². The number of nitrogens with zero attached hydrogens (tertiary/aromatic N) is 2. The van der Waals surface area contributed by atoms with Crippen molar-refractivity contribution in [2.45, 2.75) is 38.1 Å². The quantitative estimate of drug-likeness (QED) is 0.466. The first-order valence-corrected chi connectivity index (χ1v) is 10.4. The Bertz CT molecular complexity index is 897. The molecule has 2 heterocycles. The normalized spacial score (nSPS) is 20.1. The minimum Gasteiger partial charge on any atom is -0.457 e. The number of furan rings is 1. The van der Waals surface area contributed by atoms with Crippen LogP contribution in [0.1, 0.15) is 37.9 Å². The third-order valence-corrected chi connectivity index (χ3v) is 6.27. The van der Waals surface area contributed by atoms with E-state index in [1.165, 1.54) is 6.42 Å². The lowest BCUT2D eigenvalue weighted by Crippen LogP contribution is -2.41. The third kappa shape index (κ3) is 3.60. The predicted octanol–water partition coefficient (Wildman–Crippen LogP) is 5.44. The number of carbonyl (C=O) groups excluding carboxylic acids is 1. The number of hydrogen-bond donors (Lipinski definition) is 0. The molecule has 0 spiro atoms. The van der Waals surface area contributed by atoms with Crippen LogP contribution < -0.4 is 0 Å². The minimum absolute atomic E-state index is 0.0176. The molecule has 0 bridgehead atoms. The van der Waals surface area contributed by atoms with Gasteiger partial charge in [-0.1, -0.05) is 47.3 Å². The average Bonchev–Trinajstić information content (AvgIpc) is 3.22. The Hall–Kier alpha value is -1.92. The standard InChI is InChI=1S/C21H21BrN2O2S/c1-23-18(20(25)24(21(23)27)16-5-3-2-4-6-16)13-17-11-12-19(26-17)14-7-9-15(22)10-8-14/h7-13,16H,2-6H2,1H3/b18-13-. The first-order valence-electron chi connectivity index (χ1n) is 9.23. The highest BCUT2D eigenvalue weighted by atomic mass is 79.9. The SMILES string of the molecule is CN1C(=S)N(C2CCCCC2)C(=O)/C1=C/c1ccc(-c2ccc(Br)cc2)o1. The maximum absolute atomic E-state index is 13.0. The van der Waals surface area contributed by atoms with Gasteiger partial charge in [-0.15, -0.1) is 0 Å². The number of benzene rings is 1. The molecule has 2 aromatic rings. The van der Waals surface area contributed by atoms with Crippen molar-refractivity contribution in [3.63, 3.8) is 0 Å². The predicted molar refractivity (Wildman–Crippen MR) is 114 cm³/mol. The van der Waals surface area contributed by atoms with E-state index in [9.17, 15) is 4.79 Å². The Morgan fingerprint density at radius 2 is 1.81 bits per heavy atom. The van der Waals surface area contributed by atoms with Crippen LogP contribution >= 0.6 is 28.1 Å². The van der Waals surface area contributed by atoms with E-state index in [4.69, 9.17) is 16.6 Å². The molecule has 2 aliphatic rings. The summed E-state index contributed by atoms with van der Waals surface area (Å²) in [5.74, 6) is 1.40. The van der Waals surface area contributed by atoms with E-state index in [1.807, 2.05) is 43.4 Å². The zero-order valence-corrected chi connectivity index (χ0v) is 17.6. The molecule has 6 heteroatoms. The van der Waals surface area contributed by atoms with Gasteiger partial charge in [0.1, 0.15) is 17.2 Å². The summed E-state index contributed by atoms with van der Waals surface area (Å²) in [6.07, 6.45) is 7.42. The molecule has 27 heavy (non-hydrogen) atoms. The molecule has 1 aromatic heterocycles. The van der Waals surface area contributed by atoms with Crippen molar-refractivity contribution in [2.75, 3.05) is 7.05 Å². The van der Waals surface area contributed by atoms with Crippen molar-refractivity contribution in [1.82, 2.24) is 9.80 Å². The Morgan fingerprint density at radius 3 is 2.52 bits per heavy atom. The zero-order chi connectivity index (χ0) is 19.0. The summed E-state index contributed by atoms with van der Waals surface area (Å²) in [6.45, 7) is 0. The van der Waals surface area contributed by atoms with Crippen molar-refractivity contribution in [3.05, 3.63) is 52.3 Å². The molecule has 1 saturated carbocycles. The van der Waals surface area contributed by atoms with Gasteiger partial charge in [-0.3, -0.25) is 9.69 Å². The van der Waals surface area contributed by atoms with E-state index in [0.29, 0.717) is 16.6 Å². The topological polar surface area (TPSA) is 36.7 Å². The second-order valence-corrected chi connectivity index (χ2v) is 8.33. The van der Waals surface area contributed by atoms with Crippen LogP contribution in [-0.2, 0) is 4.79 Å². The number of rotatable bonds is 3. The molecule has 4 nitrogen and oxygen atoms in total. The van der Waals surface area contributed by atoms with Gasteiger partial charge in [-0.25, -0.2) is 0 Å². The van der Waals surface area contributed by atoms with Crippen LogP contribution in [0.3, 0.4) is 0 Å². The minimum atomic E-state index is -0.0176. The van der Waals surface area contributed by atoms with Crippen molar-refractivity contribution in [2.24, 2.45) is 0 Å². The van der Waals surface area contributed by atoms with Crippen LogP contribution in [0.5, 0.6) is 0 Å². The van der Waals surface area contributed by atoms with E-state index < -0.39 is 0 Å². The molecule has 4 rings (SSSR count). The molecule has 2 fully saturated rings. The average molecular weight is 445 g/mol. The first kappa shape index (κ1) is 18.4. The molecule has 1 aliphatic carbocycles. The van der Waals surface area contributed by atoms with Crippen LogP contribution in [-0.4, -0.2) is 33.9 Å². The van der Waals surface area contributed by atoms with Crippen LogP contribution in [0, 0.1) is 0 Å². The monoisotopic (exact) mass is 444 g/mol. The smallest absolute Gasteiger partial charge is 0.277 e. The van der Waals surface area contributed by atoms with Crippen molar-refractivity contribution in [1.29, 1.82) is 0 Å². The summed E-state index contributed by atoms with van der Waals surface area (Å²) >= 11 is 9.00. The fourth-order valence-electron chi connectivity index (χ4n) is 3.77. The number of carbonyl (C=O) groups is 1. The highest BCUT2D eigenvalue weighted by Gasteiger charge is 2.40. The van der Waals surface area contributed by atoms with Gasteiger partial charge >= 0.3 is 0 Å². The summed E-state index contributed by atoms with van der Waals surface area (Å²) in [4.78, 5) is 16.6. The Morgan fingerprint density at radius 1 is 1.11 bits per heavy atom. The van der Waals surface area contributed by atoms with Gasteiger partial charge in [-0.05, 0) is 49.3 Å². The second-order valence-electron chi connectivity index (χ2n) is 7.05. The van der Waals surface area contributed by atoms with Crippen molar-refractivity contribution >= 4 is 45.2 Å². The van der Waals surface area contributed by atoms with Crippen LogP contribution in [0.25, 0.3) is 17.4 Å². The fraction of sp³-hybridized carbons (Fsp3) is 0.333. The van der Waals surface area contributed by atoms with Gasteiger partial charge in [0.25, 0.3) is 5.91 Å². The summed E-state index contributed by atoms with van der Waals surface area (Å²) in [7, 11) is 1.85. The third-order valence-electron chi connectivity index (χ3n) is 5.27. The van der Waals surface area contributed by atoms with Gasteiger partial charge in [-0.2, -0.15) is 0 Å². The lowest BCUT2D eigenvalue weighted by molar-refractivity contribution is -0.124. The lowest BCUT2D eigenvalue weighted by atomic mass is 9.94. The van der Waals surface area contributed by atoms with Crippen LogP contribution in [0.4, 0.5) is 0 Å². The number of hydrogen-bond acceptors (Lipinski definition) is 3. The molecule has 0 radical (unpaired) electrons. The number of thiocarbonyl (C=S) groups is 1. The van der Waals surface area contributed by atoms with Gasteiger partial charge in [0.15, 0.2) is 5.11 Å². The van der Waals surface area contributed by atoms with Gasteiger partial charge in [0, 0.05) is 29.2 Å². The van der Waals surface area contributed by atoms with E-state index >= 15 is 0 Å². The highest BCUT2D eigenvalue weighted by molar-refractivity contribution is 9.10. The second kappa shape index (κ2) is 7.60. The maximum atomic E-state index is 13.0. The van der Waals surface area contributed by atoms with E-state index in [0.717, 1.165) is 41.5 Å². The van der Waals surface area contributed by atoms with Gasteiger partial charge < -0.3 is 9.32 Å². The molecular formula is C21H21BrN2O2S. The van der Waals surface area contributed by atoms with Crippen LogP contribution in [0.2, 0.25) is 0 Å². The largest absolute Gasteiger partial charge is 0.457 e. The number of likely N-dealkylation sites (N-methyl/N-ethyl adjacent to an activating group) is 1. The Kier molecular flexibility index (Phi) is 5.19. The van der Waals surface area contributed by atoms with Gasteiger partial charge in [0.05, 0.1) is 0 Å². The Labute approximate surface area is 173 Å². The lowest BCUT2D eigenvalue weighted by Gasteiger charge is -2.30. The van der Waals surface area contributed by atoms with Crippen molar-refractivity contribution < 1.29 is 9.21 Å². The molecule has 1 amide bonds. The molecule has 140 valence electrons. The molecule has 1 aromatic carbocycles. The molecular weight excluding hydrogens is 424 g/mol. The van der Waals surface area contributed by atoms with E-state index in [-0.39, 0.29) is 11.9 Å². The van der Waals surface area contributed by atoms with E-state index in [1.54, 1.807) is 15.9 Å². The summed E-state index contributed by atoms with van der Waals surface area (Å²) in [5.41, 5.74) is 1.57. The zero-order valence-electron chi connectivity index (χ0n) is 15.2. The maximum Gasteiger partial charge on any atom is 0.277 e. The molecule has 0 N–H and O–H groups in total. The van der Waals surface area contributed by atoms with Gasteiger partial charge in [0.2, 0.25) is 0 Å². The molecule has 0 unspecified atom stereocenters. The highest BCUT2D eigenvalue weighted by Crippen LogP contribution is 2.31. The molecule has 1 saturated heterocycles. The number of amides is 1.